The number of furan rings is 1. The first-order valence-corrected chi connectivity index (χ1v) is 6.50. The van der Waals surface area contributed by atoms with Crippen molar-refractivity contribution in [2.24, 2.45) is 0 Å². The molecule has 1 aromatic heterocycles. The highest BCUT2D eigenvalue weighted by Crippen LogP contribution is 2.30. The fourth-order valence-electron chi connectivity index (χ4n) is 2.60. The molecule has 3 rings (SSSR count). The Balaban J connectivity index is 1.83. The third-order valence-electron chi connectivity index (χ3n) is 3.49. The minimum atomic E-state index is -0.519. The van der Waals surface area contributed by atoms with E-state index in [0.29, 0.717) is 12.3 Å². The molecule has 2 heterocycles. The molecule has 0 spiro atoms. The van der Waals surface area contributed by atoms with E-state index in [4.69, 9.17) is 10.2 Å². The van der Waals surface area contributed by atoms with Crippen molar-refractivity contribution in [2.75, 3.05) is 17.2 Å². The van der Waals surface area contributed by atoms with Crippen LogP contribution in [-0.4, -0.2) is 11.5 Å². The van der Waals surface area contributed by atoms with Gasteiger partial charge in [-0.05, 0) is 42.7 Å². The standard InChI is InChI=1S/C14H15N3O3/c15-11-3-5-13-10(8-11)2-1-7-16(13)9-12-4-6-14(20-12)17(18)19/h3-6,8H,1-2,7,9,15H2. The van der Waals surface area contributed by atoms with E-state index in [-0.39, 0.29) is 5.88 Å². The molecule has 0 aliphatic carbocycles. The molecule has 0 bridgehead atoms. The van der Waals surface area contributed by atoms with E-state index in [1.165, 1.54) is 11.6 Å². The molecule has 1 aliphatic heterocycles. The number of benzene rings is 1. The molecule has 0 amide bonds. The van der Waals surface area contributed by atoms with Gasteiger partial charge in [-0.15, -0.1) is 0 Å². The van der Waals surface area contributed by atoms with E-state index >= 15 is 0 Å². The molecule has 0 unspecified atom stereocenters. The highest BCUT2D eigenvalue weighted by Gasteiger charge is 2.19. The predicted molar refractivity (Wildman–Crippen MR) is 75.6 cm³/mol. The van der Waals surface area contributed by atoms with Crippen molar-refractivity contribution in [1.29, 1.82) is 0 Å². The highest BCUT2D eigenvalue weighted by molar-refractivity contribution is 5.61. The molecule has 0 atom stereocenters. The Hall–Kier alpha value is -2.50. The van der Waals surface area contributed by atoms with Gasteiger partial charge >= 0.3 is 5.88 Å². The first kappa shape index (κ1) is 12.5. The third kappa shape index (κ3) is 2.32. The summed E-state index contributed by atoms with van der Waals surface area (Å²) < 4.78 is 5.22. The zero-order valence-corrected chi connectivity index (χ0v) is 10.9. The van der Waals surface area contributed by atoms with Gasteiger partial charge in [-0.3, -0.25) is 10.1 Å². The van der Waals surface area contributed by atoms with Gasteiger partial charge in [-0.2, -0.15) is 0 Å². The molecule has 2 N–H and O–H groups in total. The van der Waals surface area contributed by atoms with E-state index in [1.54, 1.807) is 6.07 Å². The summed E-state index contributed by atoms with van der Waals surface area (Å²) >= 11 is 0. The van der Waals surface area contributed by atoms with Crippen LogP contribution >= 0.6 is 0 Å². The van der Waals surface area contributed by atoms with Crippen LogP contribution in [0.3, 0.4) is 0 Å². The second-order valence-electron chi connectivity index (χ2n) is 4.91. The SMILES string of the molecule is Nc1ccc2c(c1)CCCN2Cc1ccc([N+](=O)[O-])o1. The summed E-state index contributed by atoms with van der Waals surface area (Å²) in [5, 5.41) is 10.6. The maximum Gasteiger partial charge on any atom is 0.433 e. The molecule has 0 saturated carbocycles. The predicted octanol–water partition coefficient (Wildman–Crippen LogP) is 2.72. The average Bonchev–Trinajstić information content (AvgIpc) is 2.87. The summed E-state index contributed by atoms with van der Waals surface area (Å²) in [6.07, 6.45) is 2.05. The Morgan fingerprint density at radius 1 is 1.35 bits per heavy atom. The van der Waals surface area contributed by atoms with Gasteiger partial charge in [-0.1, -0.05) is 0 Å². The van der Waals surface area contributed by atoms with E-state index in [0.717, 1.165) is 30.8 Å². The van der Waals surface area contributed by atoms with Crippen LogP contribution in [0.1, 0.15) is 17.7 Å². The molecule has 6 heteroatoms. The quantitative estimate of drug-likeness (QED) is 0.528. The monoisotopic (exact) mass is 273 g/mol. The first-order valence-electron chi connectivity index (χ1n) is 6.50. The molecule has 6 nitrogen and oxygen atoms in total. The normalized spacial score (nSPS) is 14.1. The van der Waals surface area contributed by atoms with Crippen molar-refractivity contribution < 1.29 is 9.34 Å². The summed E-state index contributed by atoms with van der Waals surface area (Å²) in [6, 6.07) is 8.92. The molecule has 20 heavy (non-hydrogen) atoms. The van der Waals surface area contributed by atoms with Gasteiger partial charge in [0.15, 0.2) is 0 Å². The smallest absolute Gasteiger partial charge is 0.404 e. The molecule has 0 fully saturated rings. The maximum absolute atomic E-state index is 10.6. The number of hydrogen-bond acceptors (Lipinski definition) is 5. The van der Waals surface area contributed by atoms with E-state index in [9.17, 15) is 10.1 Å². The summed E-state index contributed by atoms with van der Waals surface area (Å²) in [6.45, 7) is 1.44. The number of anilines is 2. The van der Waals surface area contributed by atoms with E-state index in [1.807, 2.05) is 18.2 Å². The maximum atomic E-state index is 10.6. The van der Waals surface area contributed by atoms with Crippen molar-refractivity contribution in [3.8, 4) is 0 Å². The lowest BCUT2D eigenvalue weighted by Gasteiger charge is -2.30. The number of nitrogens with zero attached hydrogens (tertiary/aromatic N) is 2. The summed E-state index contributed by atoms with van der Waals surface area (Å²) in [7, 11) is 0. The van der Waals surface area contributed by atoms with E-state index < -0.39 is 4.92 Å². The van der Waals surface area contributed by atoms with Gasteiger partial charge < -0.3 is 15.1 Å². The summed E-state index contributed by atoms with van der Waals surface area (Å²) in [4.78, 5) is 12.3. The third-order valence-corrected chi connectivity index (χ3v) is 3.49. The summed E-state index contributed by atoms with van der Waals surface area (Å²) in [5.41, 5.74) is 8.92. The Bertz CT molecular complexity index is 651. The molecule has 1 aromatic carbocycles. The van der Waals surface area contributed by atoms with Crippen molar-refractivity contribution in [3.63, 3.8) is 0 Å². The van der Waals surface area contributed by atoms with Crippen LogP contribution in [0.5, 0.6) is 0 Å². The number of nitrogens with two attached hydrogens (primary N) is 1. The van der Waals surface area contributed by atoms with Gasteiger partial charge in [0.1, 0.15) is 10.7 Å². The minimum absolute atomic E-state index is 0.213. The number of hydrogen-bond donors (Lipinski definition) is 1. The van der Waals surface area contributed by atoms with Gasteiger partial charge in [0.25, 0.3) is 0 Å². The first-order chi connectivity index (χ1) is 9.63. The van der Waals surface area contributed by atoms with Gasteiger partial charge in [-0.25, -0.2) is 0 Å². The number of rotatable bonds is 3. The lowest BCUT2D eigenvalue weighted by atomic mass is 10.0. The topological polar surface area (TPSA) is 85.5 Å². The second kappa shape index (κ2) is 4.88. The second-order valence-corrected chi connectivity index (χ2v) is 4.91. The Kier molecular flexibility index (Phi) is 3.06. The van der Waals surface area contributed by atoms with Crippen LogP contribution in [0.4, 0.5) is 17.3 Å². The summed E-state index contributed by atoms with van der Waals surface area (Å²) in [5.74, 6) is 0.385. The number of aryl methyl sites for hydroxylation is 1. The average molecular weight is 273 g/mol. The largest absolute Gasteiger partial charge is 0.433 e. The van der Waals surface area contributed by atoms with Crippen LogP contribution in [0.2, 0.25) is 0 Å². The molecule has 104 valence electrons. The molecule has 1 aliphatic rings. The van der Waals surface area contributed by atoms with Crippen molar-refractivity contribution in [3.05, 3.63) is 51.8 Å². The van der Waals surface area contributed by atoms with Crippen molar-refractivity contribution >= 4 is 17.3 Å². The fraction of sp³-hybridized carbons (Fsp3) is 0.286. The van der Waals surface area contributed by atoms with Crippen LogP contribution in [-0.2, 0) is 13.0 Å². The van der Waals surface area contributed by atoms with Gasteiger partial charge in [0.05, 0.1) is 12.6 Å². The number of nitrogen functional groups attached to an aromatic ring is 1. The van der Waals surface area contributed by atoms with Crippen LogP contribution in [0, 0.1) is 10.1 Å². The Labute approximate surface area is 115 Å². The zero-order valence-electron chi connectivity index (χ0n) is 10.9. The van der Waals surface area contributed by atoms with Gasteiger partial charge in [0, 0.05) is 17.9 Å². The highest BCUT2D eigenvalue weighted by atomic mass is 16.6. The van der Waals surface area contributed by atoms with E-state index in [2.05, 4.69) is 4.90 Å². The van der Waals surface area contributed by atoms with Gasteiger partial charge in [0.2, 0.25) is 0 Å². The lowest BCUT2D eigenvalue weighted by Crippen LogP contribution is -2.28. The fourth-order valence-corrected chi connectivity index (χ4v) is 2.60. The van der Waals surface area contributed by atoms with Crippen LogP contribution in [0.25, 0.3) is 0 Å². The van der Waals surface area contributed by atoms with Crippen molar-refractivity contribution in [2.45, 2.75) is 19.4 Å². The number of fused-ring (bicyclic) bond motifs is 1. The number of nitro groups is 1. The molecule has 0 radical (unpaired) electrons. The Morgan fingerprint density at radius 3 is 2.95 bits per heavy atom. The Morgan fingerprint density at radius 2 is 2.20 bits per heavy atom. The lowest BCUT2D eigenvalue weighted by molar-refractivity contribution is -0.402. The zero-order chi connectivity index (χ0) is 14.1. The van der Waals surface area contributed by atoms with Crippen molar-refractivity contribution in [1.82, 2.24) is 0 Å². The molecular formula is C14H15N3O3. The molecule has 0 saturated heterocycles. The minimum Gasteiger partial charge on any atom is -0.404 e. The molecular weight excluding hydrogens is 258 g/mol. The van der Waals surface area contributed by atoms with Crippen LogP contribution in [0.15, 0.2) is 34.7 Å². The van der Waals surface area contributed by atoms with Crippen LogP contribution < -0.4 is 10.6 Å². The molecule has 2 aromatic rings.